The van der Waals surface area contributed by atoms with Crippen molar-refractivity contribution in [3.05, 3.63) is 24.2 Å². The van der Waals surface area contributed by atoms with Crippen LogP contribution in [0.25, 0.3) is 0 Å². The highest BCUT2D eigenvalue weighted by Gasteiger charge is 2.13. The maximum atomic E-state index is 11.7. The molecule has 17 heavy (non-hydrogen) atoms. The van der Waals surface area contributed by atoms with E-state index in [-0.39, 0.29) is 5.82 Å². The summed E-state index contributed by atoms with van der Waals surface area (Å²) in [7, 11) is 0. The van der Waals surface area contributed by atoms with Gasteiger partial charge in [-0.05, 0) is 24.3 Å². The summed E-state index contributed by atoms with van der Waals surface area (Å²) in [6.07, 6.45) is 1.58. The van der Waals surface area contributed by atoms with Crippen molar-refractivity contribution in [1.29, 1.82) is 0 Å². The lowest BCUT2D eigenvalue weighted by Gasteiger charge is -2.08. The second kappa shape index (κ2) is 5.01. The van der Waals surface area contributed by atoms with Crippen LogP contribution in [0.4, 0.5) is 5.69 Å². The van der Waals surface area contributed by atoms with Crippen LogP contribution in [0, 0.1) is 0 Å². The van der Waals surface area contributed by atoms with Crippen molar-refractivity contribution < 1.29 is 9.53 Å². The van der Waals surface area contributed by atoms with Crippen molar-refractivity contribution in [3.8, 4) is 5.88 Å². The number of carbonyl (C=O) groups is 1. The first-order chi connectivity index (χ1) is 8.31. The lowest BCUT2D eigenvalue weighted by atomic mass is 10.4. The van der Waals surface area contributed by atoms with E-state index in [0.717, 1.165) is 0 Å². The molecule has 0 aliphatic carbocycles. The Morgan fingerprint density at radius 2 is 2.47 bits per heavy atom. The molecule has 8 nitrogen and oxygen atoms in total. The first-order valence-corrected chi connectivity index (χ1v) is 4.94. The molecule has 8 heteroatoms. The number of nitrogens with zero attached hydrogens (tertiary/aromatic N) is 4. The van der Waals surface area contributed by atoms with Gasteiger partial charge in [-0.15, -0.1) is 10.2 Å². The summed E-state index contributed by atoms with van der Waals surface area (Å²) < 4.78 is 5.27. The zero-order chi connectivity index (χ0) is 12.1. The standard InChI is InChI=1S/C9H10N6O2/c1-2-17-9-6(4-3-5-10-9)11-8(16)7-12-14-15-13-7/h3-5H,2H2,1H3,(H,11,16)(H,12,13,14,15). The molecule has 2 aromatic heterocycles. The highest BCUT2D eigenvalue weighted by Crippen LogP contribution is 2.20. The highest BCUT2D eigenvalue weighted by atomic mass is 16.5. The van der Waals surface area contributed by atoms with Gasteiger partial charge in [-0.2, -0.15) is 5.21 Å². The molecule has 0 unspecified atom stereocenters. The number of aromatic amines is 1. The van der Waals surface area contributed by atoms with Gasteiger partial charge < -0.3 is 10.1 Å². The second-order valence-electron chi connectivity index (χ2n) is 2.98. The smallest absolute Gasteiger partial charge is 0.297 e. The summed E-state index contributed by atoms with van der Waals surface area (Å²) in [5, 5.41) is 15.2. The van der Waals surface area contributed by atoms with Crippen molar-refractivity contribution in [2.24, 2.45) is 0 Å². The number of amides is 1. The third-order valence-electron chi connectivity index (χ3n) is 1.85. The molecule has 0 radical (unpaired) electrons. The summed E-state index contributed by atoms with van der Waals surface area (Å²) in [5.41, 5.74) is 0.462. The quantitative estimate of drug-likeness (QED) is 0.785. The van der Waals surface area contributed by atoms with Crippen LogP contribution < -0.4 is 10.1 Å². The average molecular weight is 234 g/mol. The molecular weight excluding hydrogens is 224 g/mol. The topological polar surface area (TPSA) is 106 Å². The Morgan fingerprint density at radius 3 is 3.18 bits per heavy atom. The summed E-state index contributed by atoms with van der Waals surface area (Å²) >= 11 is 0. The lowest BCUT2D eigenvalue weighted by Crippen LogP contribution is -2.15. The number of nitrogens with one attached hydrogen (secondary N) is 2. The van der Waals surface area contributed by atoms with Crippen LogP contribution in [0.1, 0.15) is 17.5 Å². The van der Waals surface area contributed by atoms with E-state index < -0.39 is 5.91 Å². The normalized spacial score (nSPS) is 9.94. The summed E-state index contributed by atoms with van der Waals surface area (Å²) in [5.74, 6) is -0.171. The van der Waals surface area contributed by atoms with Gasteiger partial charge in [0, 0.05) is 6.20 Å². The number of pyridine rings is 1. The van der Waals surface area contributed by atoms with Gasteiger partial charge in [0.05, 0.1) is 6.61 Å². The Bertz CT molecular complexity index is 498. The Balaban J connectivity index is 2.15. The molecule has 0 spiro atoms. The van der Waals surface area contributed by atoms with E-state index in [0.29, 0.717) is 18.2 Å². The number of hydrogen-bond acceptors (Lipinski definition) is 6. The van der Waals surface area contributed by atoms with Crippen molar-refractivity contribution in [3.63, 3.8) is 0 Å². The van der Waals surface area contributed by atoms with Gasteiger partial charge in [0.25, 0.3) is 11.7 Å². The lowest BCUT2D eigenvalue weighted by molar-refractivity contribution is 0.101. The molecule has 2 aromatic rings. The predicted molar refractivity (Wildman–Crippen MR) is 57.5 cm³/mol. The molecule has 0 aromatic carbocycles. The van der Waals surface area contributed by atoms with Crippen LogP contribution in [0.2, 0.25) is 0 Å². The Labute approximate surface area is 96.4 Å². The SMILES string of the molecule is CCOc1ncccc1NC(=O)c1nn[nH]n1. The zero-order valence-electron chi connectivity index (χ0n) is 9.04. The molecule has 0 saturated heterocycles. The van der Waals surface area contributed by atoms with E-state index in [1.165, 1.54) is 0 Å². The molecular formula is C9H10N6O2. The van der Waals surface area contributed by atoms with Crippen LogP contribution in [-0.4, -0.2) is 38.1 Å². The third-order valence-corrected chi connectivity index (χ3v) is 1.85. The molecule has 0 saturated carbocycles. The minimum absolute atomic E-state index is 0.0451. The summed E-state index contributed by atoms with van der Waals surface area (Å²) in [6, 6.07) is 3.37. The number of carbonyl (C=O) groups excluding carboxylic acids is 1. The molecule has 2 heterocycles. The number of tetrazole rings is 1. The van der Waals surface area contributed by atoms with Gasteiger partial charge in [-0.3, -0.25) is 4.79 Å². The van der Waals surface area contributed by atoms with E-state index in [1.54, 1.807) is 18.3 Å². The first-order valence-electron chi connectivity index (χ1n) is 4.94. The molecule has 0 aliphatic heterocycles. The predicted octanol–water partition coefficient (Wildman–Crippen LogP) is 0.246. The Kier molecular flexibility index (Phi) is 3.24. The summed E-state index contributed by atoms with van der Waals surface area (Å²) in [4.78, 5) is 15.7. The van der Waals surface area contributed by atoms with Gasteiger partial charge in [0.2, 0.25) is 5.88 Å². The fraction of sp³-hybridized carbons (Fsp3) is 0.222. The monoisotopic (exact) mass is 234 g/mol. The van der Waals surface area contributed by atoms with Gasteiger partial charge in [0.1, 0.15) is 5.69 Å². The molecule has 0 fully saturated rings. The second-order valence-corrected chi connectivity index (χ2v) is 2.98. The highest BCUT2D eigenvalue weighted by molar-refractivity contribution is 6.01. The van der Waals surface area contributed by atoms with E-state index in [2.05, 4.69) is 30.9 Å². The van der Waals surface area contributed by atoms with Crippen molar-refractivity contribution in [1.82, 2.24) is 25.6 Å². The number of ether oxygens (including phenoxy) is 1. The van der Waals surface area contributed by atoms with Gasteiger partial charge in [-0.1, -0.05) is 0 Å². The molecule has 0 bridgehead atoms. The average Bonchev–Trinajstić information content (AvgIpc) is 2.85. The van der Waals surface area contributed by atoms with Crippen LogP contribution in [-0.2, 0) is 0 Å². The number of anilines is 1. The molecule has 0 aliphatic rings. The maximum Gasteiger partial charge on any atom is 0.297 e. The van der Waals surface area contributed by atoms with Gasteiger partial charge in [-0.25, -0.2) is 4.98 Å². The molecule has 0 atom stereocenters. The Hall–Kier alpha value is -2.51. The third kappa shape index (κ3) is 2.54. The van der Waals surface area contributed by atoms with Crippen LogP contribution in [0.5, 0.6) is 5.88 Å². The van der Waals surface area contributed by atoms with E-state index in [4.69, 9.17) is 4.74 Å². The van der Waals surface area contributed by atoms with E-state index >= 15 is 0 Å². The number of H-pyrrole nitrogens is 1. The van der Waals surface area contributed by atoms with Gasteiger partial charge in [0.15, 0.2) is 0 Å². The van der Waals surface area contributed by atoms with Crippen LogP contribution in [0.15, 0.2) is 18.3 Å². The number of hydrogen-bond donors (Lipinski definition) is 2. The van der Waals surface area contributed by atoms with Crippen molar-refractivity contribution in [2.75, 3.05) is 11.9 Å². The van der Waals surface area contributed by atoms with Crippen LogP contribution >= 0.6 is 0 Å². The van der Waals surface area contributed by atoms with Crippen molar-refractivity contribution in [2.45, 2.75) is 6.92 Å². The molecule has 2 N–H and O–H groups in total. The van der Waals surface area contributed by atoms with Crippen LogP contribution in [0.3, 0.4) is 0 Å². The van der Waals surface area contributed by atoms with Gasteiger partial charge >= 0.3 is 0 Å². The number of aromatic nitrogens is 5. The number of rotatable bonds is 4. The fourth-order valence-corrected chi connectivity index (χ4v) is 1.17. The largest absolute Gasteiger partial charge is 0.476 e. The molecule has 2 rings (SSSR count). The molecule has 1 amide bonds. The maximum absolute atomic E-state index is 11.7. The minimum atomic E-state index is -0.479. The van der Waals surface area contributed by atoms with E-state index in [9.17, 15) is 4.79 Å². The minimum Gasteiger partial charge on any atom is -0.476 e. The zero-order valence-corrected chi connectivity index (χ0v) is 9.04. The first kappa shape index (κ1) is 11.0. The van der Waals surface area contributed by atoms with Crippen molar-refractivity contribution >= 4 is 11.6 Å². The summed E-state index contributed by atoms with van der Waals surface area (Å²) in [6.45, 7) is 2.29. The van der Waals surface area contributed by atoms with E-state index in [1.807, 2.05) is 6.92 Å². The fourth-order valence-electron chi connectivity index (χ4n) is 1.17. The Morgan fingerprint density at radius 1 is 1.59 bits per heavy atom. The molecule has 88 valence electrons.